The molecule has 0 radical (unpaired) electrons. The quantitative estimate of drug-likeness (QED) is 0.817. The van der Waals surface area contributed by atoms with Crippen molar-refractivity contribution in [3.05, 3.63) is 36.3 Å². The fourth-order valence-corrected chi connectivity index (χ4v) is 2.14. The number of carbonyl (C=O) groups is 1. The van der Waals surface area contributed by atoms with Crippen molar-refractivity contribution < 1.29 is 4.79 Å². The van der Waals surface area contributed by atoms with Crippen LogP contribution in [0.15, 0.2) is 30.6 Å². The van der Waals surface area contributed by atoms with Gasteiger partial charge in [-0.3, -0.25) is 9.78 Å². The van der Waals surface area contributed by atoms with E-state index in [4.69, 9.17) is 0 Å². The molecule has 2 rings (SSSR count). The Balaban J connectivity index is 2.19. The molecule has 2 aromatic heterocycles. The van der Waals surface area contributed by atoms with Gasteiger partial charge in [-0.25, -0.2) is 9.97 Å². The third kappa shape index (κ3) is 4.75. The average Bonchev–Trinajstić information content (AvgIpc) is 2.61. The SMILES string of the molecule is CCc1cc(N[C@H](C)C(=O)N[C@@H](C)CC)nc(-c2ccncc2)n1. The maximum atomic E-state index is 12.2. The maximum absolute atomic E-state index is 12.2. The highest BCUT2D eigenvalue weighted by molar-refractivity contribution is 5.84. The van der Waals surface area contributed by atoms with Crippen molar-refractivity contribution in [2.24, 2.45) is 0 Å². The van der Waals surface area contributed by atoms with Crippen LogP contribution < -0.4 is 10.6 Å². The molecule has 0 fully saturated rings. The molecule has 2 N–H and O–H groups in total. The zero-order chi connectivity index (χ0) is 17.5. The van der Waals surface area contributed by atoms with Crippen LogP contribution in [0.25, 0.3) is 11.4 Å². The minimum Gasteiger partial charge on any atom is -0.359 e. The number of aryl methyl sites for hydroxylation is 1. The number of nitrogens with zero attached hydrogens (tertiary/aromatic N) is 3. The van der Waals surface area contributed by atoms with Crippen LogP contribution in [0.4, 0.5) is 5.82 Å². The molecule has 0 aliphatic carbocycles. The first kappa shape index (κ1) is 17.8. The van der Waals surface area contributed by atoms with E-state index in [1.165, 1.54) is 0 Å². The van der Waals surface area contributed by atoms with Crippen molar-refractivity contribution in [2.75, 3.05) is 5.32 Å². The van der Waals surface area contributed by atoms with Crippen LogP contribution in [0.1, 0.15) is 39.8 Å². The molecule has 0 saturated carbocycles. The van der Waals surface area contributed by atoms with Crippen molar-refractivity contribution in [2.45, 2.75) is 52.6 Å². The van der Waals surface area contributed by atoms with Gasteiger partial charge in [0.2, 0.25) is 5.91 Å². The van der Waals surface area contributed by atoms with Gasteiger partial charge in [-0.15, -0.1) is 0 Å². The van der Waals surface area contributed by atoms with E-state index in [0.717, 1.165) is 24.1 Å². The summed E-state index contributed by atoms with van der Waals surface area (Å²) in [5.41, 5.74) is 1.83. The number of pyridine rings is 1. The number of nitrogens with one attached hydrogen (secondary N) is 2. The highest BCUT2D eigenvalue weighted by atomic mass is 16.2. The van der Waals surface area contributed by atoms with Crippen LogP contribution in [-0.4, -0.2) is 32.9 Å². The molecule has 0 saturated heterocycles. The third-order valence-corrected chi connectivity index (χ3v) is 3.84. The largest absolute Gasteiger partial charge is 0.359 e. The van der Waals surface area contributed by atoms with Crippen LogP contribution >= 0.6 is 0 Å². The fraction of sp³-hybridized carbons (Fsp3) is 0.444. The van der Waals surface area contributed by atoms with Crippen LogP contribution in [0.5, 0.6) is 0 Å². The molecular weight excluding hydrogens is 302 g/mol. The molecule has 128 valence electrons. The molecule has 2 aromatic rings. The first-order valence-electron chi connectivity index (χ1n) is 8.38. The summed E-state index contributed by atoms with van der Waals surface area (Å²) in [7, 11) is 0. The lowest BCUT2D eigenvalue weighted by atomic mass is 10.2. The van der Waals surface area contributed by atoms with E-state index in [1.54, 1.807) is 12.4 Å². The second kappa shape index (κ2) is 8.38. The van der Waals surface area contributed by atoms with Gasteiger partial charge in [0.15, 0.2) is 5.82 Å². The molecule has 24 heavy (non-hydrogen) atoms. The Morgan fingerprint density at radius 3 is 2.50 bits per heavy atom. The monoisotopic (exact) mass is 327 g/mol. The molecule has 0 aromatic carbocycles. The molecule has 0 aliphatic rings. The van der Waals surface area contributed by atoms with Crippen molar-refractivity contribution in [1.29, 1.82) is 0 Å². The summed E-state index contributed by atoms with van der Waals surface area (Å²) in [6, 6.07) is 5.42. The molecule has 0 aliphatic heterocycles. The standard InChI is InChI=1S/C18H25N5O/c1-5-12(3)20-18(24)13(4)21-16-11-15(6-2)22-17(23-16)14-7-9-19-10-8-14/h7-13H,5-6H2,1-4H3,(H,20,24)(H,21,22,23)/t12-,13+/m0/s1. The minimum atomic E-state index is -0.371. The van der Waals surface area contributed by atoms with Gasteiger partial charge in [0, 0.05) is 35.8 Å². The van der Waals surface area contributed by atoms with Crippen molar-refractivity contribution >= 4 is 11.7 Å². The molecule has 2 atom stereocenters. The Labute approximate surface area is 143 Å². The number of hydrogen-bond acceptors (Lipinski definition) is 5. The van der Waals surface area contributed by atoms with Crippen LogP contribution in [0.3, 0.4) is 0 Å². The molecule has 0 bridgehead atoms. The summed E-state index contributed by atoms with van der Waals surface area (Å²) >= 11 is 0. The summed E-state index contributed by atoms with van der Waals surface area (Å²) < 4.78 is 0. The van der Waals surface area contributed by atoms with Gasteiger partial charge >= 0.3 is 0 Å². The summed E-state index contributed by atoms with van der Waals surface area (Å²) in [6.45, 7) is 7.91. The van der Waals surface area contributed by atoms with E-state index in [2.05, 4.69) is 25.6 Å². The Hall–Kier alpha value is -2.50. The number of hydrogen-bond donors (Lipinski definition) is 2. The zero-order valence-corrected chi connectivity index (χ0v) is 14.7. The molecule has 6 heteroatoms. The first-order valence-corrected chi connectivity index (χ1v) is 8.38. The van der Waals surface area contributed by atoms with Gasteiger partial charge in [-0.1, -0.05) is 13.8 Å². The Kier molecular flexibility index (Phi) is 6.23. The van der Waals surface area contributed by atoms with Crippen molar-refractivity contribution in [1.82, 2.24) is 20.3 Å². The summed E-state index contributed by atoms with van der Waals surface area (Å²) in [5, 5.41) is 6.15. The van der Waals surface area contributed by atoms with E-state index in [1.807, 2.05) is 45.9 Å². The lowest BCUT2D eigenvalue weighted by Gasteiger charge is -2.18. The van der Waals surface area contributed by atoms with E-state index in [-0.39, 0.29) is 18.0 Å². The van der Waals surface area contributed by atoms with E-state index in [0.29, 0.717) is 11.6 Å². The highest BCUT2D eigenvalue weighted by Crippen LogP contribution is 2.18. The number of aromatic nitrogens is 3. The van der Waals surface area contributed by atoms with Gasteiger partial charge in [-0.2, -0.15) is 0 Å². The molecule has 0 spiro atoms. The van der Waals surface area contributed by atoms with Gasteiger partial charge in [-0.05, 0) is 38.8 Å². The smallest absolute Gasteiger partial charge is 0.242 e. The lowest BCUT2D eigenvalue weighted by Crippen LogP contribution is -2.42. The third-order valence-electron chi connectivity index (χ3n) is 3.84. The lowest BCUT2D eigenvalue weighted by molar-refractivity contribution is -0.122. The van der Waals surface area contributed by atoms with Crippen LogP contribution in [0, 0.1) is 0 Å². The second-order valence-electron chi connectivity index (χ2n) is 5.84. The van der Waals surface area contributed by atoms with E-state index >= 15 is 0 Å². The Morgan fingerprint density at radius 1 is 1.17 bits per heavy atom. The van der Waals surface area contributed by atoms with Gasteiger partial charge in [0.25, 0.3) is 0 Å². The van der Waals surface area contributed by atoms with Crippen LogP contribution in [-0.2, 0) is 11.2 Å². The number of amides is 1. The topological polar surface area (TPSA) is 79.8 Å². The van der Waals surface area contributed by atoms with Crippen LogP contribution in [0.2, 0.25) is 0 Å². The normalized spacial score (nSPS) is 13.2. The Bertz CT molecular complexity index is 674. The molecular formula is C18H25N5O. The highest BCUT2D eigenvalue weighted by Gasteiger charge is 2.16. The van der Waals surface area contributed by atoms with Gasteiger partial charge in [0.05, 0.1) is 0 Å². The second-order valence-corrected chi connectivity index (χ2v) is 5.84. The first-order chi connectivity index (χ1) is 11.5. The average molecular weight is 327 g/mol. The fourth-order valence-electron chi connectivity index (χ4n) is 2.14. The van der Waals surface area contributed by atoms with Crippen molar-refractivity contribution in [3.8, 4) is 11.4 Å². The summed E-state index contributed by atoms with van der Waals surface area (Å²) in [5.74, 6) is 1.25. The number of rotatable bonds is 7. The predicted octanol–water partition coefficient (Wildman–Crippen LogP) is 2.82. The predicted molar refractivity (Wildman–Crippen MR) is 95.6 cm³/mol. The van der Waals surface area contributed by atoms with Gasteiger partial charge < -0.3 is 10.6 Å². The van der Waals surface area contributed by atoms with E-state index in [9.17, 15) is 4.79 Å². The van der Waals surface area contributed by atoms with E-state index < -0.39 is 0 Å². The molecule has 2 heterocycles. The number of carbonyl (C=O) groups excluding carboxylic acids is 1. The summed E-state index contributed by atoms with van der Waals surface area (Å²) in [6.07, 6.45) is 5.13. The van der Waals surface area contributed by atoms with Crippen molar-refractivity contribution in [3.63, 3.8) is 0 Å². The molecule has 0 unspecified atom stereocenters. The maximum Gasteiger partial charge on any atom is 0.242 e. The summed E-state index contributed by atoms with van der Waals surface area (Å²) in [4.78, 5) is 25.3. The Morgan fingerprint density at radius 2 is 1.88 bits per heavy atom. The molecule has 1 amide bonds. The zero-order valence-electron chi connectivity index (χ0n) is 14.7. The van der Waals surface area contributed by atoms with Gasteiger partial charge in [0.1, 0.15) is 11.9 Å². The minimum absolute atomic E-state index is 0.0357. The number of anilines is 1. The molecule has 6 nitrogen and oxygen atoms in total.